The highest BCUT2D eigenvalue weighted by Gasteiger charge is 2.18. The minimum atomic E-state index is 0.0942. The highest BCUT2D eigenvalue weighted by molar-refractivity contribution is 6.02. The molecule has 106 valence electrons. The van der Waals surface area contributed by atoms with E-state index in [0.717, 1.165) is 36.0 Å². The number of rotatable bonds is 3. The average molecular weight is 273 g/mol. The molecule has 1 fully saturated rings. The van der Waals surface area contributed by atoms with E-state index in [1.807, 2.05) is 31.5 Å². The van der Waals surface area contributed by atoms with E-state index in [1.54, 1.807) is 0 Å². The fourth-order valence-corrected chi connectivity index (χ4v) is 2.72. The van der Waals surface area contributed by atoms with Crippen molar-refractivity contribution in [3.05, 3.63) is 30.1 Å². The van der Waals surface area contributed by atoms with Gasteiger partial charge in [-0.25, -0.2) is 4.98 Å². The SMILES string of the molecule is CC/C(=N\O)c1ccc2c(c1)ncn2C1CCCCO1. The van der Waals surface area contributed by atoms with Crippen LogP contribution in [0.2, 0.25) is 0 Å². The topological polar surface area (TPSA) is 59.6 Å². The number of ether oxygens (including phenoxy) is 1. The number of hydrogen-bond donors (Lipinski definition) is 1. The monoisotopic (exact) mass is 273 g/mol. The quantitative estimate of drug-likeness (QED) is 0.530. The molecular weight excluding hydrogens is 254 g/mol. The fourth-order valence-electron chi connectivity index (χ4n) is 2.72. The summed E-state index contributed by atoms with van der Waals surface area (Å²) >= 11 is 0. The fraction of sp³-hybridized carbons (Fsp3) is 0.467. The van der Waals surface area contributed by atoms with Gasteiger partial charge in [0.1, 0.15) is 6.23 Å². The summed E-state index contributed by atoms with van der Waals surface area (Å²) in [6, 6.07) is 5.96. The summed E-state index contributed by atoms with van der Waals surface area (Å²) in [7, 11) is 0. The van der Waals surface area contributed by atoms with Crippen molar-refractivity contribution in [1.29, 1.82) is 0 Å². The number of oxime groups is 1. The van der Waals surface area contributed by atoms with E-state index in [0.29, 0.717) is 12.1 Å². The number of imidazole rings is 1. The molecule has 1 saturated heterocycles. The normalized spacial score (nSPS) is 20.4. The van der Waals surface area contributed by atoms with Crippen molar-refractivity contribution in [3.8, 4) is 0 Å². The van der Waals surface area contributed by atoms with Crippen LogP contribution in [0.4, 0.5) is 0 Å². The van der Waals surface area contributed by atoms with Crippen LogP contribution >= 0.6 is 0 Å². The van der Waals surface area contributed by atoms with E-state index in [4.69, 9.17) is 9.94 Å². The number of hydrogen-bond acceptors (Lipinski definition) is 4. The maximum atomic E-state index is 9.00. The minimum absolute atomic E-state index is 0.0942. The van der Waals surface area contributed by atoms with Gasteiger partial charge in [-0.05, 0) is 37.8 Å². The van der Waals surface area contributed by atoms with Crippen molar-refractivity contribution in [1.82, 2.24) is 9.55 Å². The lowest BCUT2D eigenvalue weighted by atomic mass is 10.1. The third kappa shape index (κ3) is 2.29. The Morgan fingerprint density at radius 2 is 2.40 bits per heavy atom. The Kier molecular flexibility index (Phi) is 3.69. The molecule has 5 nitrogen and oxygen atoms in total. The first-order chi connectivity index (χ1) is 9.83. The third-order valence-corrected chi connectivity index (χ3v) is 3.83. The van der Waals surface area contributed by atoms with Crippen LogP contribution in [0, 0.1) is 0 Å². The van der Waals surface area contributed by atoms with E-state index in [2.05, 4.69) is 14.7 Å². The zero-order chi connectivity index (χ0) is 13.9. The average Bonchev–Trinajstić information content (AvgIpc) is 2.92. The molecule has 1 aromatic heterocycles. The smallest absolute Gasteiger partial charge is 0.135 e. The van der Waals surface area contributed by atoms with Gasteiger partial charge in [0, 0.05) is 12.2 Å². The molecule has 1 aliphatic rings. The molecule has 0 bridgehead atoms. The van der Waals surface area contributed by atoms with E-state index in [-0.39, 0.29) is 6.23 Å². The van der Waals surface area contributed by atoms with Gasteiger partial charge in [0.05, 0.1) is 23.1 Å². The Hall–Kier alpha value is -1.88. The zero-order valence-corrected chi connectivity index (χ0v) is 11.6. The largest absolute Gasteiger partial charge is 0.411 e. The molecule has 1 atom stereocenters. The van der Waals surface area contributed by atoms with Crippen LogP contribution in [-0.4, -0.2) is 27.1 Å². The molecule has 5 heteroatoms. The van der Waals surface area contributed by atoms with Gasteiger partial charge in [0.2, 0.25) is 0 Å². The summed E-state index contributed by atoms with van der Waals surface area (Å²) in [5.74, 6) is 0. The summed E-state index contributed by atoms with van der Waals surface area (Å²) in [4.78, 5) is 4.45. The van der Waals surface area contributed by atoms with Crippen LogP contribution in [0.1, 0.15) is 44.4 Å². The molecule has 0 aliphatic carbocycles. The predicted octanol–water partition coefficient (Wildman–Crippen LogP) is 3.32. The number of benzene rings is 1. The highest BCUT2D eigenvalue weighted by Crippen LogP contribution is 2.27. The summed E-state index contributed by atoms with van der Waals surface area (Å²) in [6.45, 7) is 2.79. The van der Waals surface area contributed by atoms with E-state index >= 15 is 0 Å². The lowest BCUT2D eigenvalue weighted by Gasteiger charge is -2.24. The van der Waals surface area contributed by atoms with E-state index in [9.17, 15) is 0 Å². The van der Waals surface area contributed by atoms with Gasteiger partial charge in [0.25, 0.3) is 0 Å². The van der Waals surface area contributed by atoms with Crippen molar-refractivity contribution < 1.29 is 9.94 Å². The van der Waals surface area contributed by atoms with Crippen LogP contribution in [0.25, 0.3) is 11.0 Å². The number of aromatic nitrogens is 2. The van der Waals surface area contributed by atoms with Crippen LogP contribution in [0.3, 0.4) is 0 Å². The summed E-state index contributed by atoms with van der Waals surface area (Å²) in [6.07, 6.45) is 5.99. The first-order valence-electron chi connectivity index (χ1n) is 7.13. The molecule has 1 N–H and O–H groups in total. The van der Waals surface area contributed by atoms with Crippen molar-refractivity contribution in [2.45, 2.75) is 38.8 Å². The molecule has 1 unspecified atom stereocenters. The second kappa shape index (κ2) is 5.63. The molecule has 1 aromatic carbocycles. The van der Waals surface area contributed by atoms with Crippen LogP contribution in [0.15, 0.2) is 29.7 Å². The first-order valence-corrected chi connectivity index (χ1v) is 7.13. The maximum absolute atomic E-state index is 9.00. The minimum Gasteiger partial charge on any atom is -0.411 e. The maximum Gasteiger partial charge on any atom is 0.135 e. The van der Waals surface area contributed by atoms with Gasteiger partial charge in [-0.15, -0.1) is 0 Å². The molecule has 2 aromatic rings. The Morgan fingerprint density at radius 1 is 1.50 bits per heavy atom. The Bertz CT molecular complexity index is 627. The van der Waals surface area contributed by atoms with Gasteiger partial charge < -0.3 is 14.5 Å². The first kappa shape index (κ1) is 13.1. The number of nitrogens with zero attached hydrogens (tertiary/aromatic N) is 3. The Labute approximate surface area is 117 Å². The van der Waals surface area contributed by atoms with Crippen LogP contribution in [-0.2, 0) is 4.74 Å². The lowest BCUT2D eigenvalue weighted by molar-refractivity contribution is -0.0295. The standard InChI is InChI=1S/C15H19N3O2/c1-2-12(17-19)11-6-7-14-13(9-11)16-10-18(14)15-5-3-4-8-20-15/h6-7,9-10,15,19H,2-5,8H2,1H3/b17-12+. The van der Waals surface area contributed by atoms with Crippen molar-refractivity contribution in [3.63, 3.8) is 0 Å². The highest BCUT2D eigenvalue weighted by atomic mass is 16.5. The third-order valence-electron chi connectivity index (χ3n) is 3.83. The number of fused-ring (bicyclic) bond motifs is 1. The summed E-state index contributed by atoms with van der Waals surface area (Å²) in [5.41, 5.74) is 3.56. The van der Waals surface area contributed by atoms with E-state index < -0.39 is 0 Å². The molecule has 0 radical (unpaired) electrons. The Balaban J connectivity index is 1.97. The molecule has 0 spiro atoms. The second-order valence-electron chi connectivity index (χ2n) is 5.08. The van der Waals surface area contributed by atoms with Gasteiger partial charge in [-0.2, -0.15) is 0 Å². The van der Waals surface area contributed by atoms with E-state index in [1.165, 1.54) is 6.42 Å². The summed E-state index contributed by atoms with van der Waals surface area (Å²) < 4.78 is 7.91. The van der Waals surface area contributed by atoms with Gasteiger partial charge >= 0.3 is 0 Å². The Morgan fingerprint density at radius 3 is 3.10 bits per heavy atom. The van der Waals surface area contributed by atoms with Gasteiger partial charge in [-0.3, -0.25) is 0 Å². The molecular formula is C15H19N3O2. The van der Waals surface area contributed by atoms with Crippen molar-refractivity contribution in [2.24, 2.45) is 5.16 Å². The molecule has 0 saturated carbocycles. The predicted molar refractivity (Wildman–Crippen MR) is 77.2 cm³/mol. The van der Waals surface area contributed by atoms with Crippen LogP contribution < -0.4 is 0 Å². The van der Waals surface area contributed by atoms with Crippen molar-refractivity contribution in [2.75, 3.05) is 6.61 Å². The molecule has 20 heavy (non-hydrogen) atoms. The summed E-state index contributed by atoms with van der Waals surface area (Å²) in [5, 5.41) is 12.3. The molecule has 2 heterocycles. The lowest BCUT2D eigenvalue weighted by Crippen LogP contribution is -2.17. The molecule has 3 rings (SSSR count). The van der Waals surface area contributed by atoms with Gasteiger partial charge in [-0.1, -0.05) is 18.1 Å². The second-order valence-corrected chi connectivity index (χ2v) is 5.08. The van der Waals surface area contributed by atoms with Crippen molar-refractivity contribution >= 4 is 16.7 Å². The molecule has 0 amide bonds. The van der Waals surface area contributed by atoms with Crippen LogP contribution in [0.5, 0.6) is 0 Å². The zero-order valence-electron chi connectivity index (χ0n) is 11.6. The molecule has 1 aliphatic heterocycles. The van der Waals surface area contributed by atoms with Gasteiger partial charge in [0.15, 0.2) is 0 Å².